The molecule has 0 radical (unpaired) electrons. The molecule has 3 aromatic carbocycles. The van der Waals surface area contributed by atoms with Gasteiger partial charge in [0, 0.05) is 37.5 Å². The van der Waals surface area contributed by atoms with Crippen LogP contribution < -0.4 is 4.72 Å². The topological polar surface area (TPSA) is 136 Å². The van der Waals surface area contributed by atoms with Crippen LogP contribution in [0.3, 0.4) is 0 Å². The van der Waals surface area contributed by atoms with E-state index < -0.39 is 32.9 Å². The molecule has 3 aromatic rings. The molecule has 182 valence electrons. The summed E-state index contributed by atoms with van der Waals surface area (Å²) < 4.78 is 33.4. The van der Waals surface area contributed by atoms with E-state index >= 15 is 0 Å². The van der Waals surface area contributed by atoms with Crippen molar-refractivity contribution in [1.29, 1.82) is 0 Å². The second kappa shape index (κ2) is 10.3. The van der Waals surface area contributed by atoms with Crippen LogP contribution in [0, 0.1) is 17.0 Å². The Morgan fingerprint density at radius 1 is 1.00 bits per heavy atom. The maximum atomic E-state index is 12.8. The smallest absolute Gasteiger partial charge is 0.339 e. The van der Waals surface area contributed by atoms with E-state index in [-0.39, 0.29) is 21.8 Å². The minimum Gasteiger partial charge on any atom is -0.444 e. The number of sulfonamides is 1. The van der Waals surface area contributed by atoms with Crippen LogP contribution in [0.2, 0.25) is 0 Å². The Morgan fingerprint density at radius 2 is 1.63 bits per heavy atom. The summed E-state index contributed by atoms with van der Waals surface area (Å²) in [5.74, 6) is -1.18. The standard InChI is InChI=1S/C24H23N3O7S/c1-16-9-14-20(27(30)31)15-21(16)35(32,33)25-19-12-10-18(11-13-19)24(29)34-22(23(28)26(2)3)17-7-5-4-6-8-17/h4-15,22,25H,1-3H3. The van der Waals surface area contributed by atoms with Gasteiger partial charge in [0.05, 0.1) is 15.4 Å². The first-order chi connectivity index (χ1) is 16.5. The number of esters is 1. The fourth-order valence-electron chi connectivity index (χ4n) is 3.17. The molecule has 11 heteroatoms. The fourth-order valence-corrected chi connectivity index (χ4v) is 4.50. The molecule has 0 saturated heterocycles. The average Bonchev–Trinajstić information content (AvgIpc) is 2.82. The van der Waals surface area contributed by atoms with E-state index in [2.05, 4.69) is 4.72 Å². The summed E-state index contributed by atoms with van der Waals surface area (Å²) in [5.41, 5.74) is 0.731. The van der Waals surface area contributed by atoms with Gasteiger partial charge in [-0.05, 0) is 36.8 Å². The summed E-state index contributed by atoms with van der Waals surface area (Å²) in [5, 5.41) is 11.0. The van der Waals surface area contributed by atoms with Gasteiger partial charge in [0.15, 0.2) is 0 Å². The van der Waals surface area contributed by atoms with Crippen LogP contribution in [0.4, 0.5) is 11.4 Å². The predicted octanol–water partition coefficient (Wildman–Crippen LogP) is 3.69. The van der Waals surface area contributed by atoms with Gasteiger partial charge in [0.2, 0.25) is 6.10 Å². The molecule has 0 heterocycles. The molecule has 0 aliphatic carbocycles. The molecule has 1 N–H and O–H groups in total. The van der Waals surface area contributed by atoms with Gasteiger partial charge in [0.1, 0.15) is 0 Å². The maximum Gasteiger partial charge on any atom is 0.339 e. The molecule has 1 amide bonds. The van der Waals surface area contributed by atoms with E-state index in [1.165, 1.54) is 48.2 Å². The molecule has 3 rings (SSSR count). The van der Waals surface area contributed by atoms with Crippen LogP contribution in [-0.4, -0.2) is 44.2 Å². The number of hydrogen-bond donors (Lipinski definition) is 1. The number of anilines is 1. The van der Waals surface area contributed by atoms with Crippen molar-refractivity contribution >= 4 is 33.3 Å². The molecule has 0 bridgehead atoms. The Kier molecular flexibility index (Phi) is 7.50. The highest BCUT2D eigenvalue weighted by atomic mass is 32.2. The summed E-state index contributed by atoms with van der Waals surface area (Å²) >= 11 is 0. The van der Waals surface area contributed by atoms with E-state index in [1.54, 1.807) is 44.4 Å². The van der Waals surface area contributed by atoms with Gasteiger partial charge in [-0.1, -0.05) is 36.4 Å². The minimum absolute atomic E-state index is 0.104. The third-order valence-corrected chi connectivity index (χ3v) is 6.56. The summed E-state index contributed by atoms with van der Waals surface area (Å²) in [6.07, 6.45) is -1.14. The van der Waals surface area contributed by atoms with E-state index in [0.717, 1.165) is 6.07 Å². The van der Waals surface area contributed by atoms with Gasteiger partial charge in [-0.15, -0.1) is 0 Å². The molecule has 0 spiro atoms. The van der Waals surface area contributed by atoms with Crippen molar-refractivity contribution < 1.29 is 27.7 Å². The fraction of sp³-hybridized carbons (Fsp3) is 0.167. The number of amides is 1. The normalized spacial score (nSPS) is 11.9. The lowest BCUT2D eigenvalue weighted by atomic mass is 10.1. The second-order valence-electron chi connectivity index (χ2n) is 7.82. The molecule has 0 aliphatic heterocycles. The van der Waals surface area contributed by atoms with Crippen LogP contribution in [-0.2, 0) is 19.6 Å². The molecular formula is C24H23N3O7S. The first-order valence-corrected chi connectivity index (χ1v) is 11.8. The van der Waals surface area contributed by atoms with Gasteiger partial charge >= 0.3 is 5.97 Å². The molecule has 1 unspecified atom stereocenters. The lowest BCUT2D eigenvalue weighted by molar-refractivity contribution is -0.385. The number of likely N-dealkylation sites (N-methyl/N-ethyl adjacent to an activating group) is 1. The molecule has 0 aromatic heterocycles. The Bertz CT molecular complexity index is 1360. The highest BCUT2D eigenvalue weighted by Gasteiger charge is 2.27. The van der Waals surface area contributed by atoms with E-state index in [9.17, 15) is 28.1 Å². The monoisotopic (exact) mass is 497 g/mol. The first-order valence-electron chi connectivity index (χ1n) is 10.3. The predicted molar refractivity (Wildman–Crippen MR) is 128 cm³/mol. The van der Waals surface area contributed by atoms with E-state index in [4.69, 9.17) is 4.74 Å². The molecule has 0 fully saturated rings. The average molecular weight is 498 g/mol. The summed E-state index contributed by atoms with van der Waals surface area (Å²) in [6, 6.07) is 17.5. The Balaban J connectivity index is 1.79. The quantitative estimate of drug-likeness (QED) is 0.285. The highest BCUT2D eigenvalue weighted by molar-refractivity contribution is 7.92. The van der Waals surface area contributed by atoms with Gasteiger partial charge in [0.25, 0.3) is 21.6 Å². The Morgan fingerprint density at radius 3 is 2.20 bits per heavy atom. The van der Waals surface area contributed by atoms with Crippen molar-refractivity contribution in [2.75, 3.05) is 18.8 Å². The van der Waals surface area contributed by atoms with Crippen LogP contribution >= 0.6 is 0 Å². The zero-order chi connectivity index (χ0) is 25.8. The molecule has 0 saturated carbocycles. The number of non-ortho nitro benzene ring substituents is 1. The third kappa shape index (κ3) is 6.01. The van der Waals surface area contributed by atoms with Crippen LogP contribution in [0.5, 0.6) is 0 Å². The van der Waals surface area contributed by atoms with Crippen molar-refractivity contribution in [2.45, 2.75) is 17.9 Å². The number of rotatable bonds is 8. The number of nitrogens with zero attached hydrogens (tertiary/aromatic N) is 2. The van der Waals surface area contributed by atoms with Crippen molar-refractivity contribution in [3.05, 3.63) is 99.6 Å². The molecular weight excluding hydrogens is 474 g/mol. The number of nitro groups is 1. The molecule has 0 aliphatic rings. The lowest BCUT2D eigenvalue weighted by Crippen LogP contribution is -2.31. The summed E-state index contributed by atoms with van der Waals surface area (Å²) in [7, 11) is -1.03. The SMILES string of the molecule is Cc1ccc([N+](=O)[O-])cc1S(=O)(=O)Nc1ccc(C(=O)OC(C(=O)N(C)C)c2ccccc2)cc1. The Labute approximate surface area is 202 Å². The first kappa shape index (κ1) is 25.4. The van der Waals surface area contributed by atoms with E-state index in [0.29, 0.717) is 11.1 Å². The zero-order valence-corrected chi connectivity index (χ0v) is 20.0. The summed E-state index contributed by atoms with van der Waals surface area (Å²) in [4.78, 5) is 36.7. The molecule has 1 atom stereocenters. The van der Waals surface area contributed by atoms with Gasteiger partial charge < -0.3 is 9.64 Å². The zero-order valence-electron chi connectivity index (χ0n) is 19.2. The minimum atomic E-state index is -4.13. The number of hydrogen-bond acceptors (Lipinski definition) is 7. The second-order valence-corrected chi connectivity index (χ2v) is 9.47. The number of nitro benzene ring substituents is 1. The summed E-state index contributed by atoms with van der Waals surface area (Å²) in [6.45, 7) is 1.52. The number of ether oxygens (including phenoxy) is 1. The van der Waals surface area contributed by atoms with Crippen molar-refractivity contribution in [3.8, 4) is 0 Å². The third-order valence-electron chi connectivity index (χ3n) is 5.04. The van der Waals surface area contributed by atoms with Crippen LogP contribution in [0.25, 0.3) is 0 Å². The number of aryl methyl sites for hydroxylation is 1. The van der Waals surface area contributed by atoms with Gasteiger partial charge in [-0.2, -0.15) is 0 Å². The largest absolute Gasteiger partial charge is 0.444 e. The Hall–Kier alpha value is -4.25. The van der Waals surface area contributed by atoms with Gasteiger partial charge in [-0.25, -0.2) is 13.2 Å². The van der Waals surface area contributed by atoms with Crippen molar-refractivity contribution in [3.63, 3.8) is 0 Å². The van der Waals surface area contributed by atoms with Gasteiger partial charge in [-0.3, -0.25) is 19.6 Å². The van der Waals surface area contributed by atoms with Crippen LogP contribution in [0.15, 0.2) is 77.7 Å². The number of nitrogens with one attached hydrogen (secondary N) is 1. The number of benzene rings is 3. The molecule has 10 nitrogen and oxygen atoms in total. The number of carbonyl (C=O) groups excluding carboxylic acids is 2. The van der Waals surface area contributed by atoms with Crippen LogP contribution in [0.1, 0.15) is 27.6 Å². The van der Waals surface area contributed by atoms with E-state index in [1.807, 2.05) is 0 Å². The molecule has 35 heavy (non-hydrogen) atoms. The van der Waals surface area contributed by atoms with Crippen molar-refractivity contribution in [2.24, 2.45) is 0 Å². The van der Waals surface area contributed by atoms with Crippen molar-refractivity contribution in [1.82, 2.24) is 4.90 Å². The highest BCUT2D eigenvalue weighted by Crippen LogP contribution is 2.25. The lowest BCUT2D eigenvalue weighted by Gasteiger charge is -2.21. The number of carbonyl (C=O) groups is 2. The maximum absolute atomic E-state index is 12.8.